The average molecular weight is 770 g/mol. The Balaban J connectivity index is 1.15. The minimum atomic E-state index is -0.561. The van der Waals surface area contributed by atoms with E-state index in [2.05, 4.69) is 11.8 Å². The summed E-state index contributed by atoms with van der Waals surface area (Å²) in [6.45, 7) is 10.5. The Morgan fingerprint density at radius 3 is 1.96 bits per heavy atom. The van der Waals surface area contributed by atoms with Gasteiger partial charge < -0.3 is 23.7 Å². The molecule has 1 saturated heterocycles. The first-order valence-corrected chi connectivity index (χ1v) is 19.7. The summed E-state index contributed by atoms with van der Waals surface area (Å²) in [4.78, 5) is 43.6. The Labute approximate surface area is 330 Å². The number of carbonyl (C=O) groups excluding carboxylic acids is 3. The Morgan fingerprint density at radius 2 is 1.30 bits per heavy atom. The Hall–Kier alpha value is -5.97. The van der Waals surface area contributed by atoms with Crippen LogP contribution in [0.4, 0.5) is 0 Å². The van der Waals surface area contributed by atoms with Gasteiger partial charge in [-0.05, 0) is 129 Å². The van der Waals surface area contributed by atoms with Gasteiger partial charge in [0.1, 0.15) is 35.4 Å². The zero-order chi connectivity index (χ0) is 39.0. The predicted molar refractivity (Wildman–Crippen MR) is 218 cm³/mol. The molecule has 0 aliphatic carbocycles. The van der Waals surface area contributed by atoms with Crippen LogP contribution in [0, 0.1) is 5.92 Å². The topological polar surface area (TPSA) is 101 Å². The van der Waals surface area contributed by atoms with Crippen LogP contribution in [-0.4, -0.2) is 62.1 Å². The number of thiophene rings is 1. The lowest BCUT2D eigenvalue weighted by Crippen LogP contribution is -2.25. The van der Waals surface area contributed by atoms with Crippen molar-refractivity contribution in [3.05, 3.63) is 138 Å². The molecule has 286 valence electrons. The van der Waals surface area contributed by atoms with Crippen molar-refractivity contribution in [3.63, 3.8) is 0 Å². The van der Waals surface area contributed by atoms with Crippen molar-refractivity contribution in [2.24, 2.45) is 5.92 Å². The molecule has 0 radical (unpaired) electrons. The molecule has 5 aromatic carbocycles. The molecule has 1 fully saturated rings. The molecule has 0 saturated carbocycles. The number of carbonyl (C=O) groups is 3. The molecule has 2 heterocycles. The molecule has 1 aromatic heterocycles. The Bertz CT molecular complexity index is 2290. The number of ketones is 1. The van der Waals surface area contributed by atoms with Crippen molar-refractivity contribution in [2.75, 3.05) is 39.5 Å². The first-order chi connectivity index (χ1) is 27.3. The monoisotopic (exact) mass is 769 g/mol. The van der Waals surface area contributed by atoms with E-state index in [-0.39, 0.29) is 5.78 Å². The van der Waals surface area contributed by atoms with E-state index in [0.717, 1.165) is 40.2 Å². The van der Waals surface area contributed by atoms with E-state index in [9.17, 15) is 14.4 Å². The van der Waals surface area contributed by atoms with Gasteiger partial charge in [0.15, 0.2) is 5.78 Å². The number of likely N-dealkylation sites (tertiary alicyclic amines) is 1. The van der Waals surface area contributed by atoms with Gasteiger partial charge in [0, 0.05) is 45.2 Å². The number of nitrogens with zero attached hydrogens (tertiary/aromatic N) is 1. The van der Waals surface area contributed by atoms with Crippen LogP contribution in [0.1, 0.15) is 63.8 Å². The molecule has 7 rings (SSSR count). The average Bonchev–Trinajstić information content (AvgIpc) is 3.81. The molecule has 9 nitrogen and oxygen atoms in total. The molecule has 1 aliphatic heterocycles. The fourth-order valence-corrected chi connectivity index (χ4v) is 7.94. The molecule has 10 heteroatoms. The van der Waals surface area contributed by atoms with Crippen LogP contribution in [0.3, 0.4) is 0 Å². The molecule has 56 heavy (non-hydrogen) atoms. The lowest BCUT2D eigenvalue weighted by atomic mass is 9.97. The van der Waals surface area contributed by atoms with E-state index in [4.69, 9.17) is 23.7 Å². The van der Waals surface area contributed by atoms with Gasteiger partial charge in [0.2, 0.25) is 0 Å². The number of fused-ring (bicyclic) bond motifs is 1. The normalized spacial score (nSPS) is 14.0. The summed E-state index contributed by atoms with van der Waals surface area (Å²) in [5.41, 5.74) is 2.51. The number of ether oxygens (including phenoxy) is 5. The summed E-state index contributed by atoms with van der Waals surface area (Å²) < 4.78 is 29.5. The third-order valence-electron chi connectivity index (χ3n) is 9.47. The first kappa shape index (κ1) is 38.3. The summed E-state index contributed by atoms with van der Waals surface area (Å²) >= 11 is 1.42. The smallest absolute Gasteiger partial charge is 0.343 e. The molecule has 1 aliphatic rings. The first-order valence-electron chi connectivity index (χ1n) is 18.8. The predicted octanol–water partition coefficient (Wildman–Crippen LogP) is 9.76. The van der Waals surface area contributed by atoms with Crippen molar-refractivity contribution in [2.45, 2.75) is 27.2 Å². The maximum absolute atomic E-state index is 14.4. The molecule has 0 N–H and O–H groups in total. The summed E-state index contributed by atoms with van der Waals surface area (Å²) in [6, 6.07) is 33.3. The number of esters is 2. The number of benzene rings is 5. The van der Waals surface area contributed by atoms with Crippen LogP contribution in [0.5, 0.6) is 28.7 Å². The standard InChI is InChI=1S/C46H43NO8S/c1-4-51-38-25-34(26-39(27-38)52-5-2)46(50)54-36-17-13-32(14-18-36)44-42(40-20-19-37(28-41(40)56-44)55-45(49)33-9-7-6-8-10-33)43(48)31-11-15-35(16-12-31)53-24-23-47-22-21-30(3)29-47/h6-20,25-28,30H,4-5,21-24,29H2,1-3H3. The van der Waals surface area contributed by atoms with E-state index >= 15 is 0 Å². The van der Waals surface area contributed by atoms with Gasteiger partial charge in [-0.15, -0.1) is 11.3 Å². The van der Waals surface area contributed by atoms with Crippen LogP contribution < -0.4 is 23.7 Å². The second-order valence-electron chi connectivity index (χ2n) is 13.6. The Morgan fingerprint density at radius 1 is 0.661 bits per heavy atom. The second kappa shape index (κ2) is 17.7. The molecular formula is C46H43NO8S. The lowest BCUT2D eigenvalue weighted by molar-refractivity contribution is 0.0725. The Kier molecular flexibility index (Phi) is 12.1. The van der Waals surface area contributed by atoms with Crippen LogP contribution in [0.2, 0.25) is 0 Å². The third-order valence-corrected chi connectivity index (χ3v) is 10.7. The van der Waals surface area contributed by atoms with E-state index in [1.54, 1.807) is 78.9 Å². The maximum Gasteiger partial charge on any atom is 0.343 e. The van der Waals surface area contributed by atoms with Gasteiger partial charge in [-0.25, -0.2) is 9.59 Å². The highest BCUT2D eigenvalue weighted by molar-refractivity contribution is 7.22. The number of hydrogen-bond acceptors (Lipinski definition) is 10. The summed E-state index contributed by atoms with van der Waals surface area (Å²) in [7, 11) is 0. The van der Waals surface area contributed by atoms with E-state index in [1.807, 2.05) is 50.2 Å². The second-order valence-corrected chi connectivity index (χ2v) is 14.6. The molecule has 1 unspecified atom stereocenters. The highest BCUT2D eigenvalue weighted by atomic mass is 32.1. The molecule has 0 spiro atoms. The zero-order valence-corrected chi connectivity index (χ0v) is 32.4. The fraction of sp³-hybridized carbons (Fsp3) is 0.239. The third kappa shape index (κ3) is 9.10. The minimum absolute atomic E-state index is 0.160. The van der Waals surface area contributed by atoms with E-state index in [0.29, 0.717) is 76.7 Å². The SMILES string of the molecule is CCOc1cc(OCC)cc(C(=O)Oc2ccc(-c3sc4cc(OC(=O)c5ccccc5)ccc4c3C(=O)c3ccc(OCCN4CCC(C)C4)cc3)cc2)c1. The van der Waals surface area contributed by atoms with Gasteiger partial charge in [0.25, 0.3) is 0 Å². The zero-order valence-electron chi connectivity index (χ0n) is 31.6. The quantitative estimate of drug-likeness (QED) is 0.0574. The van der Waals surface area contributed by atoms with Crippen molar-refractivity contribution >= 4 is 39.1 Å². The van der Waals surface area contributed by atoms with Gasteiger partial charge in [-0.1, -0.05) is 25.1 Å². The minimum Gasteiger partial charge on any atom is -0.494 e. The molecule has 1 atom stereocenters. The van der Waals surface area contributed by atoms with Gasteiger partial charge >= 0.3 is 11.9 Å². The van der Waals surface area contributed by atoms with Crippen LogP contribution in [0.15, 0.2) is 115 Å². The van der Waals surface area contributed by atoms with Crippen LogP contribution in [-0.2, 0) is 0 Å². The molecule has 6 aromatic rings. The van der Waals surface area contributed by atoms with Gasteiger partial charge in [0.05, 0.1) is 24.3 Å². The van der Waals surface area contributed by atoms with Gasteiger partial charge in [-0.2, -0.15) is 0 Å². The summed E-state index contributed by atoms with van der Waals surface area (Å²) in [5, 5.41) is 0.726. The largest absolute Gasteiger partial charge is 0.494 e. The van der Waals surface area contributed by atoms with Crippen molar-refractivity contribution < 1.29 is 38.1 Å². The van der Waals surface area contributed by atoms with E-state index < -0.39 is 11.9 Å². The maximum atomic E-state index is 14.4. The highest BCUT2D eigenvalue weighted by Gasteiger charge is 2.24. The van der Waals surface area contributed by atoms with Crippen LogP contribution >= 0.6 is 11.3 Å². The highest BCUT2D eigenvalue weighted by Crippen LogP contribution is 2.42. The number of hydrogen-bond donors (Lipinski definition) is 0. The van der Waals surface area contributed by atoms with Crippen molar-refractivity contribution in [1.82, 2.24) is 4.90 Å². The van der Waals surface area contributed by atoms with Crippen LogP contribution in [0.25, 0.3) is 20.5 Å². The van der Waals surface area contributed by atoms with E-state index in [1.165, 1.54) is 17.8 Å². The molecule has 0 bridgehead atoms. The summed E-state index contributed by atoms with van der Waals surface area (Å²) in [5.74, 6) is 1.95. The summed E-state index contributed by atoms with van der Waals surface area (Å²) in [6.07, 6.45) is 1.22. The molecular weight excluding hydrogens is 727 g/mol. The van der Waals surface area contributed by atoms with Gasteiger partial charge in [-0.3, -0.25) is 9.69 Å². The fourth-order valence-electron chi connectivity index (χ4n) is 6.71. The van der Waals surface area contributed by atoms with Crippen molar-refractivity contribution in [1.29, 1.82) is 0 Å². The lowest BCUT2D eigenvalue weighted by Gasteiger charge is -2.15. The van der Waals surface area contributed by atoms with Crippen molar-refractivity contribution in [3.8, 4) is 39.2 Å². The number of rotatable bonds is 15. The molecule has 0 amide bonds.